The third-order valence-corrected chi connectivity index (χ3v) is 5.38. The molecular weight excluding hydrogens is 315 g/mol. The summed E-state index contributed by atoms with van der Waals surface area (Å²) in [6.45, 7) is 6.30. The van der Waals surface area contributed by atoms with Crippen molar-refractivity contribution in [2.24, 2.45) is 5.41 Å². The summed E-state index contributed by atoms with van der Waals surface area (Å²) in [4.78, 5) is 2.38. The van der Waals surface area contributed by atoms with Gasteiger partial charge in [-0.1, -0.05) is 41.7 Å². The monoisotopic (exact) mass is 334 g/mol. The molecule has 0 amide bonds. The standard InChI is InChI=1S/C15H21Cl3N2/c1-15(5-7-20(2)8-6-15)10-19-9-11-12(16)3-4-13(17)14(11)18/h3-4,19H,5-10H2,1-2H3. The molecular formula is C15H21Cl3N2. The molecule has 1 aromatic rings. The molecule has 20 heavy (non-hydrogen) atoms. The fourth-order valence-electron chi connectivity index (χ4n) is 2.56. The predicted octanol–water partition coefficient (Wildman–Crippen LogP) is 4.47. The second-order valence-corrected chi connectivity index (χ2v) is 7.23. The molecule has 0 radical (unpaired) electrons. The number of nitrogens with zero attached hydrogens (tertiary/aromatic N) is 1. The van der Waals surface area contributed by atoms with Gasteiger partial charge in [0.1, 0.15) is 0 Å². The van der Waals surface area contributed by atoms with E-state index in [9.17, 15) is 0 Å². The van der Waals surface area contributed by atoms with E-state index < -0.39 is 0 Å². The molecule has 0 atom stereocenters. The van der Waals surface area contributed by atoms with Gasteiger partial charge in [0.2, 0.25) is 0 Å². The number of likely N-dealkylation sites (tertiary alicyclic amines) is 1. The van der Waals surface area contributed by atoms with Gasteiger partial charge in [-0.15, -0.1) is 0 Å². The van der Waals surface area contributed by atoms with E-state index in [1.165, 1.54) is 12.8 Å². The Morgan fingerprint density at radius 1 is 1.15 bits per heavy atom. The molecule has 5 heteroatoms. The van der Waals surface area contributed by atoms with Gasteiger partial charge in [-0.05, 0) is 50.5 Å². The second kappa shape index (κ2) is 6.85. The van der Waals surface area contributed by atoms with Crippen LogP contribution in [0.15, 0.2) is 12.1 Å². The molecule has 2 rings (SSSR count). The first kappa shape index (κ1) is 16.4. The number of hydrogen-bond donors (Lipinski definition) is 1. The van der Waals surface area contributed by atoms with Crippen molar-refractivity contribution in [1.29, 1.82) is 0 Å². The molecule has 1 heterocycles. The average Bonchev–Trinajstić information content (AvgIpc) is 2.42. The van der Waals surface area contributed by atoms with E-state index in [-0.39, 0.29) is 0 Å². The maximum Gasteiger partial charge on any atom is 0.0652 e. The number of nitrogens with one attached hydrogen (secondary N) is 1. The Balaban J connectivity index is 1.92. The fourth-order valence-corrected chi connectivity index (χ4v) is 3.24. The highest BCUT2D eigenvalue weighted by Gasteiger charge is 2.28. The number of piperidine rings is 1. The lowest BCUT2D eigenvalue weighted by Crippen LogP contribution is -2.41. The van der Waals surface area contributed by atoms with Crippen LogP contribution in [0.25, 0.3) is 0 Å². The highest BCUT2D eigenvalue weighted by atomic mass is 35.5. The fraction of sp³-hybridized carbons (Fsp3) is 0.600. The summed E-state index contributed by atoms with van der Waals surface area (Å²) >= 11 is 18.4. The molecule has 1 fully saturated rings. The molecule has 1 aromatic carbocycles. The summed E-state index contributed by atoms with van der Waals surface area (Å²) in [5.74, 6) is 0. The average molecular weight is 336 g/mol. The lowest BCUT2D eigenvalue weighted by atomic mass is 9.80. The molecule has 0 aliphatic carbocycles. The summed E-state index contributed by atoms with van der Waals surface area (Å²) in [6.07, 6.45) is 2.43. The summed E-state index contributed by atoms with van der Waals surface area (Å²) in [6, 6.07) is 3.53. The van der Waals surface area contributed by atoms with Crippen LogP contribution in [0.2, 0.25) is 15.1 Å². The minimum absolute atomic E-state index is 0.351. The van der Waals surface area contributed by atoms with Crippen molar-refractivity contribution in [2.45, 2.75) is 26.3 Å². The zero-order chi connectivity index (χ0) is 14.8. The summed E-state index contributed by atoms with van der Waals surface area (Å²) in [5.41, 5.74) is 1.24. The highest BCUT2D eigenvalue weighted by molar-refractivity contribution is 6.44. The molecule has 0 aromatic heterocycles. The number of rotatable bonds is 4. The minimum Gasteiger partial charge on any atom is -0.312 e. The molecule has 1 aliphatic heterocycles. The van der Waals surface area contributed by atoms with Crippen LogP contribution in [0.4, 0.5) is 0 Å². The van der Waals surface area contributed by atoms with E-state index in [2.05, 4.69) is 24.2 Å². The van der Waals surface area contributed by atoms with E-state index in [1.807, 2.05) is 0 Å². The van der Waals surface area contributed by atoms with E-state index >= 15 is 0 Å². The van der Waals surface area contributed by atoms with Gasteiger partial charge in [-0.25, -0.2) is 0 Å². The number of halogens is 3. The Labute approximate surface area is 136 Å². The van der Waals surface area contributed by atoms with Crippen molar-refractivity contribution in [1.82, 2.24) is 10.2 Å². The molecule has 1 aliphatic rings. The van der Waals surface area contributed by atoms with Crippen molar-refractivity contribution in [3.8, 4) is 0 Å². The van der Waals surface area contributed by atoms with Crippen LogP contribution in [0, 0.1) is 5.41 Å². The van der Waals surface area contributed by atoms with Gasteiger partial charge in [-0.3, -0.25) is 0 Å². The van der Waals surface area contributed by atoms with E-state index in [0.29, 0.717) is 27.0 Å². The normalized spacial score (nSPS) is 19.2. The quantitative estimate of drug-likeness (QED) is 0.817. The molecule has 2 nitrogen and oxygen atoms in total. The topological polar surface area (TPSA) is 15.3 Å². The Morgan fingerprint density at radius 2 is 1.75 bits per heavy atom. The van der Waals surface area contributed by atoms with Crippen molar-refractivity contribution in [3.05, 3.63) is 32.8 Å². The first-order valence-corrected chi connectivity index (χ1v) is 8.06. The van der Waals surface area contributed by atoms with Crippen LogP contribution in [0.1, 0.15) is 25.3 Å². The third-order valence-electron chi connectivity index (χ3n) is 4.19. The van der Waals surface area contributed by atoms with E-state index in [4.69, 9.17) is 34.8 Å². The van der Waals surface area contributed by atoms with Crippen LogP contribution >= 0.6 is 34.8 Å². The Bertz CT molecular complexity index is 468. The lowest BCUT2D eigenvalue weighted by molar-refractivity contribution is 0.137. The molecule has 0 saturated carbocycles. The Kier molecular flexibility index (Phi) is 5.61. The highest BCUT2D eigenvalue weighted by Crippen LogP contribution is 2.32. The number of hydrogen-bond acceptors (Lipinski definition) is 2. The third kappa shape index (κ3) is 4.02. The summed E-state index contributed by atoms with van der Waals surface area (Å²) in [5, 5.41) is 5.27. The van der Waals surface area contributed by atoms with Crippen LogP contribution in [0.3, 0.4) is 0 Å². The molecule has 0 spiro atoms. The van der Waals surface area contributed by atoms with Gasteiger partial charge in [0.15, 0.2) is 0 Å². The van der Waals surface area contributed by atoms with E-state index in [1.54, 1.807) is 12.1 Å². The SMILES string of the molecule is CN1CCC(C)(CNCc2c(Cl)ccc(Cl)c2Cl)CC1. The predicted molar refractivity (Wildman–Crippen MR) is 88.0 cm³/mol. The second-order valence-electron chi connectivity index (χ2n) is 6.04. The maximum absolute atomic E-state index is 6.21. The molecule has 1 N–H and O–H groups in total. The number of benzene rings is 1. The molecule has 0 unspecified atom stereocenters. The Hall–Kier alpha value is 0.01000. The summed E-state index contributed by atoms with van der Waals surface area (Å²) in [7, 11) is 2.18. The maximum atomic E-state index is 6.21. The molecule has 112 valence electrons. The smallest absolute Gasteiger partial charge is 0.0652 e. The zero-order valence-electron chi connectivity index (χ0n) is 12.0. The van der Waals surface area contributed by atoms with Crippen molar-refractivity contribution >= 4 is 34.8 Å². The van der Waals surface area contributed by atoms with Gasteiger partial charge in [0.25, 0.3) is 0 Å². The zero-order valence-corrected chi connectivity index (χ0v) is 14.2. The van der Waals surface area contributed by atoms with Crippen molar-refractivity contribution < 1.29 is 0 Å². The van der Waals surface area contributed by atoms with Gasteiger partial charge in [-0.2, -0.15) is 0 Å². The minimum atomic E-state index is 0.351. The van der Waals surface area contributed by atoms with E-state index in [0.717, 1.165) is 25.2 Å². The van der Waals surface area contributed by atoms with Gasteiger partial charge in [0, 0.05) is 23.7 Å². The first-order chi connectivity index (χ1) is 9.41. The Morgan fingerprint density at radius 3 is 2.40 bits per heavy atom. The molecule has 0 bridgehead atoms. The van der Waals surface area contributed by atoms with Gasteiger partial charge < -0.3 is 10.2 Å². The van der Waals surface area contributed by atoms with Crippen LogP contribution in [-0.4, -0.2) is 31.6 Å². The molecule has 1 saturated heterocycles. The van der Waals surface area contributed by atoms with Crippen LogP contribution < -0.4 is 5.32 Å². The van der Waals surface area contributed by atoms with Crippen molar-refractivity contribution in [2.75, 3.05) is 26.7 Å². The van der Waals surface area contributed by atoms with Crippen LogP contribution in [0.5, 0.6) is 0 Å². The summed E-state index contributed by atoms with van der Waals surface area (Å²) < 4.78 is 0. The van der Waals surface area contributed by atoms with Crippen molar-refractivity contribution in [3.63, 3.8) is 0 Å². The van der Waals surface area contributed by atoms with Gasteiger partial charge >= 0.3 is 0 Å². The van der Waals surface area contributed by atoms with Crippen LogP contribution in [-0.2, 0) is 6.54 Å². The lowest BCUT2D eigenvalue weighted by Gasteiger charge is -2.38. The first-order valence-electron chi connectivity index (χ1n) is 6.93. The largest absolute Gasteiger partial charge is 0.312 e. The van der Waals surface area contributed by atoms with Gasteiger partial charge in [0.05, 0.1) is 10.0 Å².